The molecule has 2 unspecified atom stereocenters. The summed E-state index contributed by atoms with van der Waals surface area (Å²) in [6.07, 6.45) is 0.500. The van der Waals surface area contributed by atoms with Crippen LogP contribution in [0.25, 0.3) is 0 Å². The Hall–Kier alpha value is -0.640. The molecule has 0 radical (unpaired) electrons. The molecule has 0 saturated carbocycles. The lowest BCUT2D eigenvalue weighted by atomic mass is 9.82. The quantitative estimate of drug-likeness (QED) is 0.894. The van der Waals surface area contributed by atoms with Gasteiger partial charge in [-0.2, -0.15) is 0 Å². The third-order valence-electron chi connectivity index (χ3n) is 3.06. The SMILES string of the molecule is CCOC(C(N)Cc1ccc(F)cc1Cl)C(C)(C)C. The van der Waals surface area contributed by atoms with E-state index in [4.69, 9.17) is 22.1 Å². The van der Waals surface area contributed by atoms with Crippen molar-refractivity contribution in [3.8, 4) is 0 Å². The number of benzene rings is 1. The topological polar surface area (TPSA) is 35.2 Å². The van der Waals surface area contributed by atoms with Gasteiger partial charge in [-0.3, -0.25) is 0 Å². The van der Waals surface area contributed by atoms with Crippen molar-refractivity contribution in [3.63, 3.8) is 0 Å². The van der Waals surface area contributed by atoms with Gasteiger partial charge in [-0.1, -0.05) is 38.4 Å². The fourth-order valence-corrected chi connectivity index (χ4v) is 2.49. The molecule has 108 valence electrons. The zero-order valence-electron chi connectivity index (χ0n) is 12.0. The second-order valence-corrected chi connectivity index (χ2v) is 6.25. The van der Waals surface area contributed by atoms with Crippen LogP contribution in [0.2, 0.25) is 5.02 Å². The number of rotatable bonds is 5. The van der Waals surface area contributed by atoms with Crippen LogP contribution < -0.4 is 5.73 Å². The summed E-state index contributed by atoms with van der Waals surface area (Å²) in [6.45, 7) is 8.86. The molecule has 1 aromatic carbocycles. The Kier molecular flexibility index (Phi) is 5.78. The predicted molar refractivity (Wildman–Crippen MR) is 78.0 cm³/mol. The number of hydrogen-bond acceptors (Lipinski definition) is 2. The highest BCUT2D eigenvalue weighted by atomic mass is 35.5. The third-order valence-corrected chi connectivity index (χ3v) is 3.41. The van der Waals surface area contributed by atoms with Crippen LogP contribution >= 0.6 is 11.6 Å². The minimum atomic E-state index is -0.334. The van der Waals surface area contributed by atoms with E-state index >= 15 is 0 Å². The molecule has 19 heavy (non-hydrogen) atoms. The Bertz CT molecular complexity index is 417. The average molecular weight is 288 g/mol. The summed E-state index contributed by atoms with van der Waals surface area (Å²) >= 11 is 6.03. The van der Waals surface area contributed by atoms with Crippen molar-refractivity contribution < 1.29 is 9.13 Å². The molecule has 4 heteroatoms. The summed E-state index contributed by atoms with van der Waals surface area (Å²) in [7, 11) is 0. The molecule has 0 heterocycles. The van der Waals surface area contributed by atoms with Crippen LogP contribution in [0.1, 0.15) is 33.3 Å². The van der Waals surface area contributed by atoms with E-state index in [1.165, 1.54) is 12.1 Å². The Labute approximate surface area is 120 Å². The van der Waals surface area contributed by atoms with E-state index in [1.807, 2.05) is 6.92 Å². The maximum Gasteiger partial charge on any atom is 0.124 e. The van der Waals surface area contributed by atoms with Gasteiger partial charge in [-0.25, -0.2) is 4.39 Å². The molecule has 0 saturated heterocycles. The van der Waals surface area contributed by atoms with E-state index in [-0.39, 0.29) is 23.4 Å². The highest BCUT2D eigenvalue weighted by Crippen LogP contribution is 2.27. The van der Waals surface area contributed by atoms with Crippen LogP contribution in [-0.2, 0) is 11.2 Å². The molecule has 0 fully saturated rings. The smallest absolute Gasteiger partial charge is 0.124 e. The van der Waals surface area contributed by atoms with E-state index in [0.717, 1.165) is 5.56 Å². The van der Waals surface area contributed by atoms with Gasteiger partial charge in [-0.05, 0) is 36.5 Å². The molecule has 0 aliphatic carbocycles. The van der Waals surface area contributed by atoms with Crippen molar-refractivity contribution in [1.29, 1.82) is 0 Å². The lowest BCUT2D eigenvalue weighted by Crippen LogP contribution is -2.46. The monoisotopic (exact) mass is 287 g/mol. The predicted octanol–water partition coefficient (Wildman–Crippen LogP) is 3.80. The molecule has 2 atom stereocenters. The highest BCUT2D eigenvalue weighted by molar-refractivity contribution is 6.31. The van der Waals surface area contributed by atoms with Crippen molar-refractivity contribution >= 4 is 11.6 Å². The normalized spacial score (nSPS) is 15.3. The number of ether oxygens (including phenoxy) is 1. The van der Waals surface area contributed by atoms with E-state index in [1.54, 1.807) is 6.07 Å². The van der Waals surface area contributed by atoms with Crippen LogP contribution in [0.15, 0.2) is 18.2 Å². The summed E-state index contributed by atoms with van der Waals surface area (Å²) in [6, 6.07) is 4.23. The molecular formula is C15H23ClFNO. The van der Waals surface area contributed by atoms with E-state index in [9.17, 15) is 4.39 Å². The van der Waals surface area contributed by atoms with Gasteiger partial charge in [0.25, 0.3) is 0 Å². The maximum atomic E-state index is 13.0. The largest absolute Gasteiger partial charge is 0.376 e. The first-order valence-electron chi connectivity index (χ1n) is 6.56. The van der Waals surface area contributed by atoms with E-state index < -0.39 is 0 Å². The van der Waals surface area contributed by atoms with Crippen LogP contribution in [0.4, 0.5) is 4.39 Å². The van der Waals surface area contributed by atoms with Gasteiger partial charge >= 0.3 is 0 Å². The first-order valence-corrected chi connectivity index (χ1v) is 6.94. The van der Waals surface area contributed by atoms with Crippen molar-refractivity contribution in [1.82, 2.24) is 0 Å². The molecule has 0 amide bonds. The second kappa shape index (κ2) is 6.69. The number of halogens is 2. The first kappa shape index (κ1) is 16.4. The van der Waals surface area contributed by atoms with E-state index in [2.05, 4.69) is 20.8 Å². The Morgan fingerprint density at radius 1 is 1.37 bits per heavy atom. The Morgan fingerprint density at radius 3 is 2.47 bits per heavy atom. The zero-order chi connectivity index (χ0) is 14.6. The average Bonchev–Trinajstić information content (AvgIpc) is 2.28. The fraction of sp³-hybridized carbons (Fsp3) is 0.600. The minimum Gasteiger partial charge on any atom is -0.376 e. The molecule has 0 aliphatic rings. The van der Waals surface area contributed by atoms with Crippen molar-refractivity contribution in [3.05, 3.63) is 34.6 Å². The molecule has 2 nitrogen and oxygen atoms in total. The van der Waals surface area contributed by atoms with Gasteiger partial charge in [0.05, 0.1) is 6.10 Å². The lowest BCUT2D eigenvalue weighted by Gasteiger charge is -2.35. The summed E-state index contributed by atoms with van der Waals surface area (Å²) in [5.74, 6) is -0.334. The number of nitrogens with two attached hydrogens (primary N) is 1. The first-order chi connectivity index (χ1) is 8.75. The molecule has 1 rings (SSSR count). The fourth-order valence-electron chi connectivity index (χ4n) is 2.24. The van der Waals surface area contributed by atoms with Gasteiger partial charge < -0.3 is 10.5 Å². The van der Waals surface area contributed by atoms with Crippen molar-refractivity contribution in [2.24, 2.45) is 11.1 Å². The van der Waals surface area contributed by atoms with Gasteiger partial charge in [0.2, 0.25) is 0 Å². The van der Waals surface area contributed by atoms with E-state index in [0.29, 0.717) is 18.1 Å². The van der Waals surface area contributed by atoms with Crippen LogP contribution in [0.3, 0.4) is 0 Å². The molecule has 0 spiro atoms. The molecule has 0 bridgehead atoms. The second-order valence-electron chi connectivity index (χ2n) is 5.85. The van der Waals surface area contributed by atoms with Crippen molar-refractivity contribution in [2.45, 2.75) is 46.3 Å². The van der Waals surface area contributed by atoms with Gasteiger partial charge in [0.1, 0.15) is 5.82 Å². The Morgan fingerprint density at radius 2 is 2.00 bits per heavy atom. The Balaban J connectivity index is 2.84. The lowest BCUT2D eigenvalue weighted by molar-refractivity contribution is -0.0274. The molecule has 0 aromatic heterocycles. The molecular weight excluding hydrogens is 265 g/mol. The molecule has 0 aliphatic heterocycles. The standard InChI is InChI=1S/C15H23ClFNO/c1-5-19-14(15(2,3)4)13(18)8-10-6-7-11(17)9-12(10)16/h6-7,9,13-14H,5,8,18H2,1-4H3. The van der Waals surface area contributed by atoms with Crippen molar-refractivity contribution in [2.75, 3.05) is 6.61 Å². The van der Waals surface area contributed by atoms with Crippen LogP contribution in [0, 0.1) is 11.2 Å². The molecule has 2 N–H and O–H groups in total. The maximum absolute atomic E-state index is 13.0. The number of hydrogen-bond donors (Lipinski definition) is 1. The summed E-state index contributed by atoms with van der Waals surface area (Å²) in [4.78, 5) is 0. The summed E-state index contributed by atoms with van der Waals surface area (Å²) < 4.78 is 18.8. The van der Waals surface area contributed by atoms with Gasteiger partial charge in [0.15, 0.2) is 0 Å². The minimum absolute atomic E-state index is 0.0536. The van der Waals surface area contributed by atoms with Crippen LogP contribution in [0.5, 0.6) is 0 Å². The third kappa shape index (κ3) is 4.75. The molecule has 1 aromatic rings. The zero-order valence-corrected chi connectivity index (χ0v) is 12.8. The summed E-state index contributed by atoms with van der Waals surface area (Å²) in [5.41, 5.74) is 7.05. The highest BCUT2D eigenvalue weighted by Gasteiger charge is 2.31. The summed E-state index contributed by atoms with van der Waals surface area (Å²) in [5, 5.41) is 0.416. The van der Waals surface area contributed by atoms with Crippen LogP contribution in [-0.4, -0.2) is 18.8 Å². The van der Waals surface area contributed by atoms with Gasteiger partial charge in [0, 0.05) is 17.7 Å². The van der Waals surface area contributed by atoms with Gasteiger partial charge in [-0.15, -0.1) is 0 Å².